The Morgan fingerprint density at radius 2 is 1.89 bits per heavy atom. The lowest BCUT2D eigenvalue weighted by Crippen LogP contribution is -2.38. The maximum absolute atomic E-state index is 12.4. The van der Waals surface area contributed by atoms with E-state index >= 15 is 0 Å². The SMILES string of the molecule is CCC(C)SP(=O)(NC)N(C)S(=O)(=O)C(F)(F)F. The van der Waals surface area contributed by atoms with Crippen molar-refractivity contribution in [3.8, 4) is 0 Å². The molecule has 0 rings (SSSR count). The van der Waals surface area contributed by atoms with E-state index in [1.54, 1.807) is 13.8 Å². The number of halogens is 3. The van der Waals surface area contributed by atoms with Gasteiger partial charge in [0.2, 0.25) is 0 Å². The molecule has 0 aromatic rings. The summed E-state index contributed by atoms with van der Waals surface area (Å²) < 4.78 is 71.7. The van der Waals surface area contributed by atoms with Crippen LogP contribution in [0.5, 0.6) is 0 Å². The monoisotopic (exact) mass is 328 g/mol. The molecule has 0 aromatic heterocycles. The third-order valence-electron chi connectivity index (χ3n) is 2.19. The van der Waals surface area contributed by atoms with Crippen molar-refractivity contribution in [1.29, 1.82) is 0 Å². The molecule has 2 atom stereocenters. The molecule has 0 spiro atoms. The van der Waals surface area contributed by atoms with Crippen LogP contribution in [-0.2, 0) is 14.6 Å². The molecule has 11 heteroatoms. The molecule has 0 fully saturated rings. The van der Waals surface area contributed by atoms with Gasteiger partial charge in [-0.15, -0.1) is 4.08 Å². The number of sulfonamides is 1. The first-order valence-electron chi connectivity index (χ1n) is 4.95. The molecule has 0 saturated carbocycles. The second kappa shape index (κ2) is 6.13. The van der Waals surface area contributed by atoms with Crippen LogP contribution in [0, 0.1) is 0 Å². The minimum absolute atomic E-state index is 0.114. The largest absolute Gasteiger partial charge is 0.512 e. The van der Waals surface area contributed by atoms with Crippen LogP contribution < -0.4 is 5.09 Å². The standard InChI is InChI=1S/C7H16F3N2O3PS2/c1-5-6(2)17-16(13,11-3)12(4)18(14,15)7(8,9)10/h6H,5H2,1-4H3,(H,11,13). The quantitative estimate of drug-likeness (QED) is 0.759. The smallest absolute Gasteiger partial charge is 0.276 e. The molecule has 0 aliphatic carbocycles. The Hall–Kier alpha value is 0.240. The van der Waals surface area contributed by atoms with Gasteiger partial charge in [-0.25, -0.2) is 13.5 Å². The first kappa shape index (κ1) is 18.2. The maximum Gasteiger partial charge on any atom is 0.512 e. The Morgan fingerprint density at radius 1 is 1.44 bits per heavy atom. The van der Waals surface area contributed by atoms with Gasteiger partial charge in [-0.2, -0.15) is 13.2 Å². The van der Waals surface area contributed by atoms with E-state index in [4.69, 9.17) is 0 Å². The maximum atomic E-state index is 12.4. The van der Waals surface area contributed by atoms with Crippen LogP contribution in [0.25, 0.3) is 0 Å². The zero-order chi connectivity index (χ0) is 14.8. The molecule has 0 saturated heterocycles. The molecule has 0 bridgehead atoms. The minimum atomic E-state index is -5.61. The minimum Gasteiger partial charge on any atom is -0.276 e. The average molecular weight is 328 g/mol. The normalized spacial score (nSPS) is 18.7. The summed E-state index contributed by atoms with van der Waals surface area (Å²) in [6.45, 7) is -0.475. The van der Waals surface area contributed by atoms with Crippen LogP contribution in [0.15, 0.2) is 0 Å². The van der Waals surface area contributed by atoms with Gasteiger partial charge < -0.3 is 0 Å². The second-order valence-corrected chi connectivity index (χ2v) is 10.9. The molecule has 1 N–H and O–H groups in total. The Kier molecular flexibility index (Phi) is 6.21. The zero-order valence-corrected chi connectivity index (χ0v) is 12.9. The third kappa shape index (κ3) is 3.86. The molecular weight excluding hydrogens is 312 g/mol. The summed E-state index contributed by atoms with van der Waals surface area (Å²) in [5.41, 5.74) is -5.47. The number of nitrogens with zero attached hydrogens (tertiary/aromatic N) is 1. The molecular formula is C7H16F3N2O3PS2. The molecule has 0 aliphatic rings. The van der Waals surface area contributed by atoms with E-state index < -0.39 is 22.2 Å². The number of hydrogen-bond donors (Lipinski definition) is 1. The number of hydrogen-bond acceptors (Lipinski definition) is 4. The summed E-state index contributed by atoms with van der Waals surface area (Å²) in [5.74, 6) is 0. The van der Waals surface area contributed by atoms with Crippen LogP contribution in [0.3, 0.4) is 0 Å². The molecule has 0 aromatic carbocycles. The van der Waals surface area contributed by atoms with E-state index in [1.165, 1.54) is 7.05 Å². The number of nitrogens with one attached hydrogen (secondary N) is 1. The van der Waals surface area contributed by atoms with Crippen molar-refractivity contribution >= 4 is 28.1 Å². The van der Waals surface area contributed by atoms with Crippen LogP contribution in [0.4, 0.5) is 13.2 Å². The van der Waals surface area contributed by atoms with E-state index in [9.17, 15) is 26.2 Å². The predicted molar refractivity (Wildman–Crippen MR) is 66.7 cm³/mol. The highest BCUT2D eigenvalue weighted by atomic mass is 32.7. The Morgan fingerprint density at radius 3 is 2.17 bits per heavy atom. The van der Waals surface area contributed by atoms with Gasteiger partial charge in [-0.1, -0.05) is 25.2 Å². The van der Waals surface area contributed by atoms with E-state index in [2.05, 4.69) is 5.09 Å². The fourth-order valence-electron chi connectivity index (χ4n) is 0.870. The van der Waals surface area contributed by atoms with Gasteiger partial charge >= 0.3 is 15.5 Å². The molecule has 5 nitrogen and oxygen atoms in total. The van der Waals surface area contributed by atoms with Gasteiger partial charge in [0.05, 0.1) is 0 Å². The molecule has 0 aliphatic heterocycles. The van der Waals surface area contributed by atoms with Gasteiger partial charge in [0.1, 0.15) is 0 Å². The van der Waals surface area contributed by atoms with Gasteiger partial charge in [0, 0.05) is 12.3 Å². The third-order valence-corrected chi connectivity index (χ3v) is 10.6. The summed E-state index contributed by atoms with van der Waals surface area (Å²) in [6.07, 6.45) is 0.552. The average Bonchev–Trinajstić information content (AvgIpc) is 2.25. The molecule has 18 heavy (non-hydrogen) atoms. The predicted octanol–water partition coefficient (Wildman–Crippen LogP) is 2.63. The van der Waals surface area contributed by atoms with Crippen molar-refractivity contribution in [1.82, 2.24) is 9.16 Å². The fraction of sp³-hybridized carbons (Fsp3) is 1.00. The topological polar surface area (TPSA) is 66.5 Å². The van der Waals surface area contributed by atoms with Gasteiger partial charge in [-0.05, 0) is 13.5 Å². The van der Waals surface area contributed by atoms with Crippen molar-refractivity contribution < 1.29 is 26.2 Å². The van der Waals surface area contributed by atoms with Crippen LogP contribution in [-0.4, -0.2) is 37.3 Å². The lowest BCUT2D eigenvalue weighted by molar-refractivity contribution is -0.0465. The molecule has 110 valence electrons. The summed E-state index contributed by atoms with van der Waals surface area (Å²) in [5, 5.41) is 1.95. The van der Waals surface area contributed by atoms with E-state index in [0.717, 1.165) is 0 Å². The lowest BCUT2D eigenvalue weighted by atomic mass is 10.4. The van der Waals surface area contributed by atoms with Crippen molar-refractivity contribution in [2.75, 3.05) is 14.1 Å². The molecule has 0 heterocycles. The van der Waals surface area contributed by atoms with Crippen molar-refractivity contribution in [3.63, 3.8) is 0 Å². The van der Waals surface area contributed by atoms with Gasteiger partial charge in [0.15, 0.2) is 0 Å². The van der Waals surface area contributed by atoms with Crippen LogP contribution >= 0.6 is 18.0 Å². The van der Waals surface area contributed by atoms with E-state index in [0.29, 0.717) is 24.9 Å². The lowest BCUT2D eigenvalue weighted by Gasteiger charge is -2.28. The van der Waals surface area contributed by atoms with E-state index in [1.807, 2.05) is 0 Å². The van der Waals surface area contributed by atoms with Crippen molar-refractivity contribution in [3.05, 3.63) is 0 Å². The Bertz CT molecular complexity index is 426. The summed E-state index contributed by atoms with van der Waals surface area (Å²) in [6, 6.07) is 0. The second-order valence-electron chi connectivity index (χ2n) is 3.45. The van der Waals surface area contributed by atoms with Gasteiger partial charge in [-0.3, -0.25) is 4.57 Å². The Labute approximate surface area is 109 Å². The first-order valence-corrected chi connectivity index (χ1v) is 9.54. The highest BCUT2D eigenvalue weighted by molar-refractivity contribution is 8.58. The molecule has 0 amide bonds. The highest BCUT2D eigenvalue weighted by Crippen LogP contribution is 2.61. The first-order chi connectivity index (χ1) is 7.92. The van der Waals surface area contributed by atoms with E-state index in [-0.39, 0.29) is 9.33 Å². The summed E-state index contributed by atoms with van der Waals surface area (Å²) in [4.78, 5) is 0. The fourth-order valence-corrected chi connectivity index (χ4v) is 7.74. The molecule has 0 radical (unpaired) electrons. The van der Waals surface area contributed by atoms with Gasteiger partial charge in [0.25, 0.3) is 6.65 Å². The van der Waals surface area contributed by atoms with Crippen molar-refractivity contribution in [2.45, 2.75) is 31.0 Å². The zero-order valence-electron chi connectivity index (χ0n) is 10.4. The summed E-state index contributed by atoms with van der Waals surface area (Å²) in [7, 11) is -3.79. The Balaban J connectivity index is 5.39. The number of alkyl halides is 3. The summed E-state index contributed by atoms with van der Waals surface area (Å²) >= 11 is 0.689. The van der Waals surface area contributed by atoms with Crippen molar-refractivity contribution in [2.24, 2.45) is 0 Å². The van der Waals surface area contributed by atoms with Crippen LogP contribution in [0.1, 0.15) is 20.3 Å². The van der Waals surface area contributed by atoms with Crippen LogP contribution in [0.2, 0.25) is 0 Å². The highest BCUT2D eigenvalue weighted by Gasteiger charge is 2.53. The number of rotatable bonds is 6. The molecule has 2 unspecified atom stereocenters.